The molecule has 2 nitrogen and oxygen atoms in total. The van der Waals surface area contributed by atoms with Gasteiger partial charge in [0.25, 0.3) is 0 Å². The van der Waals surface area contributed by atoms with Crippen molar-refractivity contribution in [2.24, 2.45) is 0 Å². The Labute approximate surface area is 119 Å². The second-order valence-electron chi connectivity index (χ2n) is 5.97. The SMILES string of the molecule is Cc1cccc(CNCc2nc(C(C)(C)C)cs2)c1. The van der Waals surface area contributed by atoms with Crippen molar-refractivity contribution >= 4 is 11.3 Å². The maximum absolute atomic E-state index is 4.69. The first-order valence-electron chi connectivity index (χ1n) is 6.66. The minimum absolute atomic E-state index is 0.144. The molecule has 0 unspecified atom stereocenters. The summed E-state index contributed by atoms with van der Waals surface area (Å²) in [4.78, 5) is 4.69. The van der Waals surface area contributed by atoms with Crippen LogP contribution in [-0.2, 0) is 18.5 Å². The van der Waals surface area contributed by atoms with E-state index in [1.54, 1.807) is 11.3 Å². The van der Waals surface area contributed by atoms with Gasteiger partial charge in [-0.3, -0.25) is 0 Å². The lowest BCUT2D eigenvalue weighted by Gasteiger charge is -2.14. The topological polar surface area (TPSA) is 24.9 Å². The first kappa shape index (κ1) is 14.2. The Morgan fingerprint density at radius 1 is 1.21 bits per heavy atom. The first-order chi connectivity index (χ1) is 8.95. The summed E-state index contributed by atoms with van der Waals surface area (Å²) in [5.74, 6) is 0. The minimum atomic E-state index is 0.144. The predicted molar refractivity (Wildman–Crippen MR) is 82.5 cm³/mol. The average molecular weight is 274 g/mol. The number of nitrogens with one attached hydrogen (secondary N) is 1. The normalized spacial score (nSPS) is 11.8. The Bertz CT molecular complexity index is 538. The van der Waals surface area contributed by atoms with Gasteiger partial charge >= 0.3 is 0 Å². The van der Waals surface area contributed by atoms with Crippen molar-refractivity contribution < 1.29 is 0 Å². The molecule has 0 aliphatic rings. The number of hydrogen-bond donors (Lipinski definition) is 1. The van der Waals surface area contributed by atoms with Crippen LogP contribution in [0.25, 0.3) is 0 Å². The fourth-order valence-corrected chi connectivity index (χ4v) is 2.86. The third-order valence-corrected chi connectivity index (χ3v) is 3.86. The molecule has 0 radical (unpaired) electrons. The van der Waals surface area contributed by atoms with E-state index < -0.39 is 0 Å². The van der Waals surface area contributed by atoms with Gasteiger partial charge in [-0.1, -0.05) is 50.6 Å². The zero-order chi connectivity index (χ0) is 13.9. The molecule has 2 aromatic rings. The Kier molecular flexibility index (Phi) is 4.38. The zero-order valence-electron chi connectivity index (χ0n) is 12.2. The van der Waals surface area contributed by atoms with Crippen LogP contribution in [0.5, 0.6) is 0 Å². The quantitative estimate of drug-likeness (QED) is 0.910. The number of rotatable bonds is 4. The highest BCUT2D eigenvalue weighted by molar-refractivity contribution is 7.09. The van der Waals surface area contributed by atoms with Gasteiger partial charge in [-0.2, -0.15) is 0 Å². The van der Waals surface area contributed by atoms with Crippen LogP contribution in [0.4, 0.5) is 0 Å². The Morgan fingerprint density at radius 2 is 2.00 bits per heavy atom. The second kappa shape index (κ2) is 5.85. The van der Waals surface area contributed by atoms with Crippen LogP contribution in [-0.4, -0.2) is 4.98 Å². The van der Waals surface area contributed by atoms with E-state index in [0.29, 0.717) is 0 Å². The van der Waals surface area contributed by atoms with Gasteiger partial charge in [0.05, 0.1) is 5.69 Å². The summed E-state index contributed by atoms with van der Waals surface area (Å²) in [6.45, 7) is 10.5. The van der Waals surface area contributed by atoms with E-state index in [1.807, 2.05) is 0 Å². The Hall–Kier alpha value is -1.19. The van der Waals surface area contributed by atoms with Crippen molar-refractivity contribution in [3.8, 4) is 0 Å². The van der Waals surface area contributed by atoms with E-state index in [9.17, 15) is 0 Å². The van der Waals surface area contributed by atoms with Crippen molar-refractivity contribution in [2.75, 3.05) is 0 Å². The maximum Gasteiger partial charge on any atom is 0.107 e. The summed E-state index contributed by atoms with van der Waals surface area (Å²) in [6.07, 6.45) is 0. The smallest absolute Gasteiger partial charge is 0.107 e. The highest BCUT2D eigenvalue weighted by atomic mass is 32.1. The molecule has 0 atom stereocenters. The molecular formula is C16H22N2S. The number of benzene rings is 1. The molecule has 102 valence electrons. The van der Waals surface area contributed by atoms with E-state index in [0.717, 1.165) is 18.1 Å². The lowest BCUT2D eigenvalue weighted by Crippen LogP contribution is -2.14. The minimum Gasteiger partial charge on any atom is -0.306 e. The van der Waals surface area contributed by atoms with Crippen LogP contribution in [0.15, 0.2) is 29.6 Å². The molecule has 1 N–H and O–H groups in total. The first-order valence-corrected chi connectivity index (χ1v) is 7.54. The summed E-state index contributed by atoms with van der Waals surface area (Å²) in [5.41, 5.74) is 3.96. The van der Waals surface area contributed by atoms with E-state index in [4.69, 9.17) is 0 Å². The molecule has 0 fully saturated rings. The third kappa shape index (κ3) is 4.15. The molecule has 0 bridgehead atoms. The molecule has 3 heteroatoms. The third-order valence-electron chi connectivity index (χ3n) is 3.01. The average Bonchev–Trinajstić information content (AvgIpc) is 2.77. The van der Waals surface area contributed by atoms with Gasteiger partial charge in [0, 0.05) is 23.9 Å². The molecule has 0 aliphatic carbocycles. The van der Waals surface area contributed by atoms with Gasteiger partial charge in [0.15, 0.2) is 0 Å². The van der Waals surface area contributed by atoms with Crippen LogP contribution in [0.2, 0.25) is 0 Å². The summed E-state index contributed by atoms with van der Waals surface area (Å²) < 4.78 is 0. The van der Waals surface area contributed by atoms with Crippen molar-refractivity contribution in [1.82, 2.24) is 10.3 Å². The van der Waals surface area contributed by atoms with Crippen LogP contribution < -0.4 is 5.32 Å². The van der Waals surface area contributed by atoms with E-state index in [-0.39, 0.29) is 5.41 Å². The molecule has 0 saturated carbocycles. The molecule has 19 heavy (non-hydrogen) atoms. The standard InChI is InChI=1S/C16H22N2S/c1-12-6-5-7-13(8-12)9-17-10-15-18-14(11-19-15)16(2,3)4/h5-8,11,17H,9-10H2,1-4H3. The van der Waals surface area contributed by atoms with Gasteiger partial charge < -0.3 is 5.32 Å². The highest BCUT2D eigenvalue weighted by Gasteiger charge is 2.17. The monoisotopic (exact) mass is 274 g/mol. The molecule has 0 amide bonds. The van der Waals surface area contributed by atoms with Crippen LogP contribution in [0, 0.1) is 6.92 Å². The summed E-state index contributed by atoms with van der Waals surface area (Å²) in [7, 11) is 0. The molecule has 1 heterocycles. The lowest BCUT2D eigenvalue weighted by atomic mass is 9.93. The number of aryl methyl sites for hydroxylation is 1. The van der Waals surface area contributed by atoms with Gasteiger partial charge in [0.1, 0.15) is 5.01 Å². The molecule has 2 rings (SSSR count). The Morgan fingerprint density at radius 3 is 2.63 bits per heavy atom. The highest BCUT2D eigenvalue weighted by Crippen LogP contribution is 2.23. The van der Waals surface area contributed by atoms with Gasteiger partial charge in [-0.05, 0) is 12.5 Å². The maximum atomic E-state index is 4.69. The summed E-state index contributed by atoms with van der Waals surface area (Å²) in [6, 6.07) is 8.60. The van der Waals surface area contributed by atoms with E-state index >= 15 is 0 Å². The number of hydrogen-bond acceptors (Lipinski definition) is 3. The molecule has 0 spiro atoms. The van der Waals surface area contributed by atoms with Crippen molar-refractivity contribution in [3.63, 3.8) is 0 Å². The van der Waals surface area contributed by atoms with Crippen molar-refractivity contribution in [2.45, 2.75) is 46.2 Å². The van der Waals surface area contributed by atoms with Gasteiger partial charge in [-0.25, -0.2) is 4.98 Å². The number of thiazole rings is 1. The summed E-state index contributed by atoms with van der Waals surface area (Å²) >= 11 is 1.74. The number of aromatic nitrogens is 1. The molecular weight excluding hydrogens is 252 g/mol. The van der Waals surface area contributed by atoms with Gasteiger partial charge in [-0.15, -0.1) is 11.3 Å². The predicted octanol–water partition coefficient (Wildman–Crippen LogP) is 4.04. The van der Waals surface area contributed by atoms with Crippen LogP contribution >= 0.6 is 11.3 Å². The second-order valence-corrected chi connectivity index (χ2v) is 6.91. The molecule has 1 aromatic carbocycles. The fraction of sp³-hybridized carbons (Fsp3) is 0.438. The van der Waals surface area contributed by atoms with E-state index in [2.05, 4.69) is 67.6 Å². The molecule has 0 aliphatic heterocycles. The summed E-state index contributed by atoms with van der Waals surface area (Å²) in [5, 5.41) is 6.79. The fourth-order valence-electron chi connectivity index (χ4n) is 1.87. The number of nitrogens with zero attached hydrogens (tertiary/aromatic N) is 1. The van der Waals surface area contributed by atoms with Crippen LogP contribution in [0.3, 0.4) is 0 Å². The zero-order valence-corrected chi connectivity index (χ0v) is 13.0. The lowest BCUT2D eigenvalue weighted by molar-refractivity contribution is 0.568. The molecule has 0 saturated heterocycles. The largest absolute Gasteiger partial charge is 0.306 e. The van der Waals surface area contributed by atoms with Crippen molar-refractivity contribution in [3.05, 3.63) is 51.5 Å². The van der Waals surface area contributed by atoms with E-state index in [1.165, 1.54) is 16.8 Å². The molecule has 1 aromatic heterocycles. The van der Waals surface area contributed by atoms with Crippen molar-refractivity contribution in [1.29, 1.82) is 0 Å². The Balaban J connectivity index is 1.88. The van der Waals surface area contributed by atoms with Gasteiger partial charge in [0.2, 0.25) is 0 Å². The van der Waals surface area contributed by atoms with Crippen LogP contribution in [0.1, 0.15) is 42.6 Å².